The molecule has 0 bridgehead atoms. The summed E-state index contributed by atoms with van der Waals surface area (Å²) < 4.78 is 5.94. The van der Waals surface area contributed by atoms with Gasteiger partial charge in [0.05, 0.1) is 12.2 Å². The van der Waals surface area contributed by atoms with Crippen LogP contribution < -0.4 is 5.73 Å². The maximum atomic E-state index is 5.94. The van der Waals surface area contributed by atoms with Gasteiger partial charge in [0.1, 0.15) is 0 Å². The molecule has 2 N–H and O–H groups in total. The number of hydrogen-bond acceptors (Lipinski definition) is 3. The van der Waals surface area contributed by atoms with Crippen LogP contribution in [0.5, 0.6) is 0 Å². The first-order valence-corrected chi connectivity index (χ1v) is 6.54. The minimum Gasteiger partial charge on any atom is -0.374 e. The Morgan fingerprint density at radius 1 is 1.31 bits per heavy atom. The van der Waals surface area contributed by atoms with Crippen LogP contribution in [0.3, 0.4) is 0 Å². The van der Waals surface area contributed by atoms with Crippen LogP contribution >= 0.6 is 0 Å². The van der Waals surface area contributed by atoms with Crippen molar-refractivity contribution < 1.29 is 4.74 Å². The van der Waals surface area contributed by atoms with Gasteiger partial charge in [-0.2, -0.15) is 0 Å². The van der Waals surface area contributed by atoms with Gasteiger partial charge in [-0.25, -0.2) is 0 Å². The zero-order valence-corrected chi connectivity index (χ0v) is 11.4. The molecule has 0 aliphatic carbocycles. The summed E-state index contributed by atoms with van der Waals surface area (Å²) in [5.41, 5.74) is 5.92. The summed E-state index contributed by atoms with van der Waals surface area (Å²) in [6.07, 6.45) is 3.05. The highest BCUT2D eigenvalue weighted by Gasteiger charge is 2.33. The standard InChI is InChI=1S/C13H28N2O/c1-9(2)11(4)15(5)12(8-14)13-7-6-10(3)16-13/h9-13H,6-8,14H2,1-5H3. The van der Waals surface area contributed by atoms with Crippen molar-refractivity contribution in [3.8, 4) is 0 Å². The van der Waals surface area contributed by atoms with Crippen molar-refractivity contribution in [2.45, 2.75) is 64.8 Å². The molecule has 3 heteroatoms. The third kappa shape index (κ3) is 3.19. The third-order valence-electron chi connectivity index (χ3n) is 4.07. The summed E-state index contributed by atoms with van der Waals surface area (Å²) in [4.78, 5) is 2.40. The number of nitrogens with two attached hydrogens (primary N) is 1. The van der Waals surface area contributed by atoms with E-state index < -0.39 is 0 Å². The fourth-order valence-corrected chi connectivity index (χ4v) is 2.47. The van der Waals surface area contributed by atoms with Gasteiger partial charge < -0.3 is 10.5 Å². The molecule has 1 aliphatic rings. The highest BCUT2D eigenvalue weighted by Crippen LogP contribution is 2.25. The van der Waals surface area contributed by atoms with Gasteiger partial charge in [-0.15, -0.1) is 0 Å². The van der Waals surface area contributed by atoms with E-state index in [-0.39, 0.29) is 0 Å². The Bertz CT molecular complexity index is 208. The Balaban J connectivity index is 2.59. The van der Waals surface area contributed by atoms with Crippen LogP contribution in [0, 0.1) is 5.92 Å². The topological polar surface area (TPSA) is 38.5 Å². The molecule has 0 aromatic carbocycles. The Morgan fingerprint density at radius 3 is 2.31 bits per heavy atom. The largest absolute Gasteiger partial charge is 0.374 e. The van der Waals surface area contributed by atoms with Crippen molar-refractivity contribution in [2.75, 3.05) is 13.6 Å². The molecular weight excluding hydrogens is 200 g/mol. The normalized spacial score (nSPS) is 30.0. The average Bonchev–Trinajstić information content (AvgIpc) is 2.64. The second kappa shape index (κ2) is 5.99. The highest BCUT2D eigenvalue weighted by molar-refractivity contribution is 4.87. The summed E-state index contributed by atoms with van der Waals surface area (Å²) >= 11 is 0. The van der Waals surface area contributed by atoms with Crippen LogP contribution in [0.1, 0.15) is 40.5 Å². The van der Waals surface area contributed by atoms with Crippen LogP contribution in [0.25, 0.3) is 0 Å². The van der Waals surface area contributed by atoms with Crippen LogP contribution in [-0.2, 0) is 4.74 Å². The van der Waals surface area contributed by atoms with Gasteiger partial charge in [-0.1, -0.05) is 13.8 Å². The Hall–Kier alpha value is -0.120. The first-order valence-electron chi connectivity index (χ1n) is 6.54. The number of ether oxygens (including phenoxy) is 1. The molecule has 1 saturated heterocycles. The molecule has 0 spiro atoms. The van der Waals surface area contributed by atoms with E-state index in [1.807, 2.05) is 0 Å². The molecule has 1 fully saturated rings. The zero-order valence-electron chi connectivity index (χ0n) is 11.4. The molecule has 1 rings (SSSR count). The molecule has 16 heavy (non-hydrogen) atoms. The monoisotopic (exact) mass is 228 g/mol. The van der Waals surface area contributed by atoms with Crippen molar-refractivity contribution in [1.29, 1.82) is 0 Å². The predicted molar refractivity (Wildman–Crippen MR) is 68.5 cm³/mol. The minimum absolute atomic E-state index is 0.325. The molecule has 0 saturated carbocycles. The quantitative estimate of drug-likeness (QED) is 0.780. The van der Waals surface area contributed by atoms with Crippen LogP contribution in [-0.4, -0.2) is 42.8 Å². The summed E-state index contributed by atoms with van der Waals surface area (Å²) in [5, 5.41) is 0. The summed E-state index contributed by atoms with van der Waals surface area (Å²) in [5.74, 6) is 0.651. The second-order valence-electron chi connectivity index (χ2n) is 5.52. The molecule has 0 amide bonds. The smallest absolute Gasteiger partial charge is 0.0747 e. The average molecular weight is 228 g/mol. The van der Waals surface area contributed by atoms with Gasteiger partial charge in [-0.05, 0) is 39.7 Å². The van der Waals surface area contributed by atoms with E-state index in [4.69, 9.17) is 10.5 Å². The van der Waals surface area contributed by atoms with E-state index in [0.29, 0.717) is 36.8 Å². The fraction of sp³-hybridized carbons (Fsp3) is 1.00. The zero-order chi connectivity index (χ0) is 12.3. The summed E-state index contributed by atoms with van der Waals surface area (Å²) in [7, 11) is 2.18. The second-order valence-corrected chi connectivity index (χ2v) is 5.52. The van der Waals surface area contributed by atoms with Crippen molar-refractivity contribution in [2.24, 2.45) is 11.7 Å². The first-order chi connectivity index (χ1) is 7.47. The van der Waals surface area contributed by atoms with Crippen molar-refractivity contribution in [3.63, 3.8) is 0 Å². The predicted octanol–water partition coefficient (Wildman–Crippen LogP) is 1.86. The lowest BCUT2D eigenvalue weighted by atomic mass is 9.99. The minimum atomic E-state index is 0.325. The molecule has 0 radical (unpaired) electrons. The van der Waals surface area contributed by atoms with E-state index in [0.717, 1.165) is 6.42 Å². The summed E-state index contributed by atoms with van der Waals surface area (Å²) in [6.45, 7) is 9.62. The molecule has 96 valence electrons. The van der Waals surface area contributed by atoms with Crippen LogP contribution in [0.4, 0.5) is 0 Å². The maximum absolute atomic E-state index is 5.94. The molecule has 0 aromatic heterocycles. The Labute approximate surface area is 100 Å². The van der Waals surface area contributed by atoms with Crippen molar-refractivity contribution >= 4 is 0 Å². The molecule has 4 atom stereocenters. The number of rotatable bonds is 5. The lowest BCUT2D eigenvalue weighted by molar-refractivity contribution is -0.0118. The van der Waals surface area contributed by atoms with E-state index in [2.05, 4.69) is 39.6 Å². The fourth-order valence-electron chi connectivity index (χ4n) is 2.47. The Kier molecular flexibility index (Phi) is 5.22. The lowest BCUT2D eigenvalue weighted by Gasteiger charge is -2.37. The molecular formula is C13H28N2O. The maximum Gasteiger partial charge on any atom is 0.0747 e. The van der Waals surface area contributed by atoms with Crippen LogP contribution in [0.2, 0.25) is 0 Å². The number of likely N-dealkylation sites (N-methyl/N-ethyl adjacent to an activating group) is 1. The van der Waals surface area contributed by atoms with Gasteiger partial charge in [0, 0.05) is 18.6 Å². The third-order valence-corrected chi connectivity index (χ3v) is 4.07. The molecule has 1 heterocycles. The van der Waals surface area contributed by atoms with Crippen molar-refractivity contribution in [3.05, 3.63) is 0 Å². The Morgan fingerprint density at radius 2 is 1.94 bits per heavy atom. The van der Waals surface area contributed by atoms with E-state index in [9.17, 15) is 0 Å². The van der Waals surface area contributed by atoms with Crippen LogP contribution in [0.15, 0.2) is 0 Å². The van der Waals surface area contributed by atoms with Gasteiger partial charge in [0.2, 0.25) is 0 Å². The molecule has 0 aromatic rings. The van der Waals surface area contributed by atoms with E-state index in [1.165, 1.54) is 6.42 Å². The molecule has 4 unspecified atom stereocenters. The van der Waals surface area contributed by atoms with Gasteiger partial charge in [0.25, 0.3) is 0 Å². The van der Waals surface area contributed by atoms with Gasteiger partial charge >= 0.3 is 0 Å². The van der Waals surface area contributed by atoms with Gasteiger partial charge in [-0.3, -0.25) is 4.90 Å². The molecule has 1 aliphatic heterocycles. The number of nitrogens with zero attached hydrogens (tertiary/aromatic N) is 1. The number of hydrogen-bond donors (Lipinski definition) is 1. The lowest BCUT2D eigenvalue weighted by Crippen LogP contribution is -2.51. The van der Waals surface area contributed by atoms with Crippen molar-refractivity contribution in [1.82, 2.24) is 4.90 Å². The summed E-state index contributed by atoms with van der Waals surface area (Å²) in [6, 6.07) is 0.912. The highest BCUT2D eigenvalue weighted by atomic mass is 16.5. The van der Waals surface area contributed by atoms with E-state index in [1.54, 1.807) is 0 Å². The van der Waals surface area contributed by atoms with E-state index >= 15 is 0 Å². The molecule has 3 nitrogen and oxygen atoms in total. The SMILES string of the molecule is CC1CCC(C(CN)N(C)C(C)C(C)C)O1. The van der Waals surface area contributed by atoms with Gasteiger partial charge in [0.15, 0.2) is 0 Å². The first kappa shape index (κ1) is 13.9.